The minimum absolute atomic E-state index is 0.560. The summed E-state index contributed by atoms with van der Waals surface area (Å²) < 4.78 is 0. The predicted octanol–water partition coefficient (Wildman–Crippen LogP) is 0.933. The molecule has 1 aromatic rings. The van der Waals surface area contributed by atoms with Crippen LogP contribution in [0.5, 0.6) is 0 Å². The molecule has 2 rings (SSSR count). The van der Waals surface area contributed by atoms with Gasteiger partial charge in [-0.1, -0.05) is 0 Å². The maximum absolute atomic E-state index is 3.12. The van der Waals surface area contributed by atoms with Crippen LogP contribution in [-0.2, 0) is 0 Å². The molecule has 1 aliphatic rings. The molecule has 1 aliphatic heterocycles. The lowest BCUT2D eigenvalue weighted by molar-refractivity contribution is 0.115. The van der Waals surface area contributed by atoms with Gasteiger partial charge in [0.05, 0.1) is 0 Å². The Morgan fingerprint density at radius 1 is 1.38 bits per heavy atom. The van der Waals surface area contributed by atoms with E-state index >= 15 is 0 Å². The number of aromatic nitrogens is 1. The molecule has 0 spiro atoms. The van der Waals surface area contributed by atoms with E-state index in [-0.39, 0.29) is 0 Å². The minimum atomic E-state index is 0.560. The van der Waals surface area contributed by atoms with Crippen LogP contribution in [-0.4, -0.2) is 48.5 Å². The highest BCUT2D eigenvalue weighted by molar-refractivity contribution is 5.15. The molecule has 1 N–H and O–H groups in total. The van der Waals surface area contributed by atoms with Crippen LogP contribution in [0.25, 0.3) is 0 Å². The molecule has 13 heavy (non-hydrogen) atoms. The molecule has 0 amide bonds. The third-order valence-electron chi connectivity index (χ3n) is 2.86. The molecule has 0 radical (unpaired) electrons. The first-order valence-corrected chi connectivity index (χ1v) is 4.79. The Labute approximate surface area is 79.3 Å². The van der Waals surface area contributed by atoms with Crippen LogP contribution in [0.1, 0.15) is 11.6 Å². The summed E-state index contributed by atoms with van der Waals surface area (Å²) in [5, 5.41) is 0. The van der Waals surface area contributed by atoms with E-state index in [0.29, 0.717) is 6.04 Å². The summed E-state index contributed by atoms with van der Waals surface area (Å²) in [6.45, 7) is 3.47. The van der Waals surface area contributed by atoms with E-state index in [9.17, 15) is 0 Å². The van der Waals surface area contributed by atoms with E-state index in [2.05, 4.69) is 41.1 Å². The standard InChI is InChI=1S/C10H17N3/c1-12-5-6-13(2)10(8-12)9-3-4-11-7-9/h3-4,7,10-11H,5-6,8H2,1-2H3. The summed E-state index contributed by atoms with van der Waals surface area (Å²) in [4.78, 5) is 7.92. The third kappa shape index (κ3) is 1.76. The highest BCUT2D eigenvalue weighted by Crippen LogP contribution is 2.22. The number of likely N-dealkylation sites (N-methyl/N-ethyl adjacent to an activating group) is 2. The van der Waals surface area contributed by atoms with Gasteiger partial charge in [0.15, 0.2) is 0 Å². The quantitative estimate of drug-likeness (QED) is 0.693. The number of nitrogens with zero attached hydrogens (tertiary/aromatic N) is 2. The van der Waals surface area contributed by atoms with Crippen molar-refractivity contribution < 1.29 is 0 Å². The highest BCUT2D eigenvalue weighted by Gasteiger charge is 2.23. The van der Waals surface area contributed by atoms with Gasteiger partial charge in [-0.25, -0.2) is 0 Å². The van der Waals surface area contributed by atoms with E-state index in [1.54, 1.807) is 0 Å². The highest BCUT2D eigenvalue weighted by atomic mass is 15.3. The minimum Gasteiger partial charge on any atom is -0.367 e. The van der Waals surface area contributed by atoms with Crippen molar-refractivity contribution in [1.82, 2.24) is 14.8 Å². The van der Waals surface area contributed by atoms with E-state index in [4.69, 9.17) is 0 Å². The van der Waals surface area contributed by atoms with Gasteiger partial charge in [0, 0.05) is 38.1 Å². The molecule has 1 saturated heterocycles. The summed E-state index contributed by atoms with van der Waals surface area (Å²) >= 11 is 0. The Bertz CT molecular complexity index is 255. The maximum Gasteiger partial charge on any atom is 0.0487 e. The topological polar surface area (TPSA) is 22.3 Å². The van der Waals surface area contributed by atoms with Crippen molar-refractivity contribution in [3.63, 3.8) is 0 Å². The average molecular weight is 179 g/mol. The Balaban J connectivity index is 2.12. The molecule has 0 aromatic carbocycles. The lowest BCUT2D eigenvalue weighted by Gasteiger charge is -2.37. The Hall–Kier alpha value is -0.800. The van der Waals surface area contributed by atoms with E-state index in [1.807, 2.05) is 6.20 Å². The molecule has 0 bridgehead atoms. The summed E-state index contributed by atoms with van der Waals surface area (Å²) in [7, 11) is 4.39. The molecule has 0 saturated carbocycles. The zero-order chi connectivity index (χ0) is 9.26. The van der Waals surface area contributed by atoms with Gasteiger partial charge in [-0.05, 0) is 25.7 Å². The van der Waals surface area contributed by atoms with Gasteiger partial charge in [-0.2, -0.15) is 0 Å². The van der Waals surface area contributed by atoms with Gasteiger partial charge >= 0.3 is 0 Å². The van der Waals surface area contributed by atoms with E-state index < -0.39 is 0 Å². The van der Waals surface area contributed by atoms with Crippen LogP contribution >= 0.6 is 0 Å². The lowest BCUT2D eigenvalue weighted by atomic mass is 10.1. The van der Waals surface area contributed by atoms with E-state index in [0.717, 1.165) is 13.1 Å². The van der Waals surface area contributed by atoms with Crippen LogP contribution in [0, 0.1) is 0 Å². The zero-order valence-electron chi connectivity index (χ0n) is 8.33. The first-order valence-electron chi connectivity index (χ1n) is 4.79. The fourth-order valence-corrected chi connectivity index (χ4v) is 1.91. The van der Waals surface area contributed by atoms with Gasteiger partial charge in [0.2, 0.25) is 0 Å². The summed E-state index contributed by atoms with van der Waals surface area (Å²) in [6, 6.07) is 2.73. The molecule has 1 atom stereocenters. The van der Waals surface area contributed by atoms with Gasteiger partial charge in [-0.3, -0.25) is 4.90 Å². The van der Waals surface area contributed by atoms with Gasteiger partial charge < -0.3 is 9.88 Å². The largest absolute Gasteiger partial charge is 0.367 e. The van der Waals surface area contributed by atoms with Crippen molar-refractivity contribution in [1.29, 1.82) is 0 Å². The second kappa shape index (κ2) is 3.52. The predicted molar refractivity (Wildman–Crippen MR) is 53.7 cm³/mol. The number of aromatic amines is 1. The Kier molecular flexibility index (Phi) is 2.38. The number of hydrogen-bond donors (Lipinski definition) is 1. The monoisotopic (exact) mass is 179 g/mol. The zero-order valence-corrected chi connectivity index (χ0v) is 8.33. The molecule has 1 fully saturated rings. The second-order valence-electron chi connectivity index (χ2n) is 3.90. The first kappa shape index (κ1) is 8.78. The first-order chi connectivity index (χ1) is 6.27. The summed E-state index contributed by atoms with van der Waals surface area (Å²) in [5.41, 5.74) is 1.40. The fourth-order valence-electron chi connectivity index (χ4n) is 1.91. The van der Waals surface area contributed by atoms with Gasteiger partial charge in [0.1, 0.15) is 0 Å². The van der Waals surface area contributed by atoms with Crippen molar-refractivity contribution in [3.05, 3.63) is 24.0 Å². The van der Waals surface area contributed by atoms with Crippen LogP contribution < -0.4 is 0 Å². The van der Waals surface area contributed by atoms with Crippen LogP contribution in [0.2, 0.25) is 0 Å². The van der Waals surface area contributed by atoms with Gasteiger partial charge in [0.25, 0.3) is 0 Å². The molecule has 3 nitrogen and oxygen atoms in total. The Morgan fingerprint density at radius 3 is 2.92 bits per heavy atom. The summed E-state index contributed by atoms with van der Waals surface area (Å²) in [5.74, 6) is 0. The average Bonchev–Trinajstić information content (AvgIpc) is 2.61. The lowest BCUT2D eigenvalue weighted by Crippen LogP contribution is -2.44. The molecule has 0 aliphatic carbocycles. The van der Waals surface area contributed by atoms with E-state index in [1.165, 1.54) is 12.1 Å². The second-order valence-corrected chi connectivity index (χ2v) is 3.90. The summed E-state index contributed by atoms with van der Waals surface area (Å²) in [6.07, 6.45) is 4.10. The van der Waals surface area contributed by atoms with Crippen molar-refractivity contribution in [2.24, 2.45) is 0 Å². The van der Waals surface area contributed by atoms with Crippen LogP contribution in [0.3, 0.4) is 0 Å². The molecular formula is C10H17N3. The number of rotatable bonds is 1. The van der Waals surface area contributed by atoms with Crippen molar-refractivity contribution in [3.8, 4) is 0 Å². The number of hydrogen-bond acceptors (Lipinski definition) is 2. The molecule has 1 unspecified atom stereocenters. The Morgan fingerprint density at radius 2 is 2.23 bits per heavy atom. The van der Waals surface area contributed by atoms with Crippen molar-refractivity contribution in [2.45, 2.75) is 6.04 Å². The number of H-pyrrole nitrogens is 1. The fraction of sp³-hybridized carbons (Fsp3) is 0.600. The molecule has 2 heterocycles. The normalized spacial score (nSPS) is 26.5. The number of nitrogens with one attached hydrogen (secondary N) is 1. The van der Waals surface area contributed by atoms with Crippen molar-refractivity contribution in [2.75, 3.05) is 33.7 Å². The molecule has 72 valence electrons. The van der Waals surface area contributed by atoms with Crippen LogP contribution in [0.4, 0.5) is 0 Å². The SMILES string of the molecule is CN1CCN(C)C(c2cc[nH]c2)C1. The van der Waals surface area contributed by atoms with Gasteiger partial charge in [-0.15, -0.1) is 0 Å². The smallest absolute Gasteiger partial charge is 0.0487 e. The maximum atomic E-state index is 3.12. The molecule has 3 heteroatoms. The third-order valence-corrected chi connectivity index (χ3v) is 2.86. The van der Waals surface area contributed by atoms with Crippen LogP contribution in [0.15, 0.2) is 18.5 Å². The molecular weight excluding hydrogens is 162 g/mol. The van der Waals surface area contributed by atoms with Crippen molar-refractivity contribution >= 4 is 0 Å². The molecule has 1 aromatic heterocycles. The number of piperazine rings is 1.